The number of ether oxygens (including phenoxy) is 5. The number of anilines is 1. The summed E-state index contributed by atoms with van der Waals surface area (Å²) in [5.41, 5.74) is 6.94. The van der Waals surface area contributed by atoms with Gasteiger partial charge in [-0.1, -0.05) is 29.8 Å². The van der Waals surface area contributed by atoms with E-state index in [1.807, 2.05) is 24.3 Å². The molecule has 0 amide bonds. The molecule has 190 valence electrons. The molecular formula is C30H29NO6. The van der Waals surface area contributed by atoms with Crippen LogP contribution in [0.3, 0.4) is 0 Å². The molecule has 7 nitrogen and oxygen atoms in total. The molecule has 1 aliphatic carbocycles. The van der Waals surface area contributed by atoms with Crippen molar-refractivity contribution in [2.75, 3.05) is 33.4 Å². The molecule has 2 aliphatic heterocycles. The summed E-state index contributed by atoms with van der Waals surface area (Å²) >= 11 is 0. The highest BCUT2D eigenvalue weighted by atomic mass is 16.7. The fraction of sp³-hybridized carbons (Fsp3) is 0.300. The largest absolute Gasteiger partial charge is 0.493 e. The quantitative estimate of drug-likeness (QED) is 0.482. The van der Waals surface area contributed by atoms with Crippen LogP contribution in [0.1, 0.15) is 46.9 Å². The zero-order chi connectivity index (χ0) is 25.7. The van der Waals surface area contributed by atoms with Crippen LogP contribution in [0.5, 0.6) is 28.7 Å². The summed E-state index contributed by atoms with van der Waals surface area (Å²) in [6.45, 7) is 2.26. The van der Waals surface area contributed by atoms with Crippen molar-refractivity contribution in [1.82, 2.24) is 0 Å². The van der Waals surface area contributed by atoms with Gasteiger partial charge in [0, 0.05) is 35.4 Å². The van der Waals surface area contributed by atoms with Crippen molar-refractivity contribution in [3.8, 4) is 28.7 Å². The van der Waals surface area contributed by atoms with Crippen LogP contribution in [0.15, 0.2) is 59.8 Å². The highest BCUT2D eigenvalue weighted by Crippen LogP contribution is 2.52. The number of hydrogen-bond donors (Lipinski definition) is 1. The van der Waals surface area contributed by atoms with Crippen molar-refractivity contribution in [3.05, 3.63) is 82.1 Å². The van der Waals surface area contributed by atoms with Gasteiger partial charge in [0.25, 0.3) is 0 Å². The number of rotatable bonds is 5. The van der Waals surface area contributed by atoms with Crippen molar-refractivity contribution in [2.24, 2.45) is 0 Å². The van der Waals surface area contributed by atoms with E-state index in [2.05, 4.69) is 36.5 Å². The van der Waals surface area contributed by atoms with Crippen LogP contribution in [0.4, 0.5) is 5.69 Å². The Bertz CT molecular complexity index is 1400. The molecule has 3 aliphatic rings. The second-order valence-electron chi connectivity index (χ2n) is 9.64. The van der Waals surface area contributed by atoms with Crippen LogP contribution in [-0.4, -0.2) is 33.9 Å². The number of carbonyl (C=O) groups excluding carboxylic acids is 1. The minimum atomic E-state index is -0.185. The Morgan fingerprint density at radius 2 is 1.51 bits per heavy atom. The van der Waals surface area contributed by atoms with Crippen molar-refractivity contribution < 1.29 is 28.5 Å². The minimum Gasteiger partial charge on any atom is -0.493 e. The number of fused-ring (bicyclic) bond motifs is 2. The summed E-state index contributed by atoms with van der Waals surface area (Å²) in [6.07, 6.45) is 1.07. The summed E-state index contributed by atoms with van der Waals surface area (Å²) in [6, 6.07) is 16.3. The first-order valence-corrected chi connectivity index (χ1v) is 12.3. The Labute approximate surface area is 215 Å². The Hall–Kier alpha value is -4.13. The van der Waals surface area contributed by atoms with E-state index >= 15 is 0 Å². The van der Waals surface area contributed by atoms with Crippen molar-refractivity contribution in [3.63, 3.8) is 0 Å². The van der Waals surface area contributed by atoms with Gasteiger partial charge in [0.1, 0.15) is 0 Å². The predicted molar refractivity (Wildman–Crippen MR) is 139 cm³/mol. The van der Waals surface area contributed by atoms with E-state index in [1.54, 1.807) is 21.3 Å². The standard InChI is InChI=1S/C30H29NO6/c1-16-5-7-17(8-6-16)28-20-13-24-25(37-15-36-24)14-21(20)31-22-9-18(10-23(32)29(22)28)19-11-26(33-2)30(35-4)27(12-19)34-3/h5-8,11-14,18,28,31H,9-10,15H2,1-4H3/t18-,28-/m0/s1. The SMILES string of the molecule is COc1cc([C@@H]2CC(=O)C3=C(C2)Nc2cc4c(cc2[C@@H]3c2ccc(C)cc2)OCO4)cc(OC)c1OC. The summed E-state index contributed by atoms with van der Waals surface area (Å²) in [7, 11) is 4.79. The summed E-state index contributed by atoms with van der Waals surface area (Å²) in [5, 5.41) is 3.59. The van der Waals surface area contributed by atoms with Crippen LogP contribution in [0.2, 0.25) is 0 Å². The van der Waals surface area contributed by atoms with Crippen molar-refractivity contribution in [2.45, 2.75) is 31.6 Å². The molecule has 0 unspecified atom stereocenters. The van der Waals surface area contributed by atoms with Gasteiger partial charge < -0.3 is 29.0 Å². The van der Waals surface area contributed by atoms with Gasteiger partial charge in [0.15, 0.2) is 28.8 Å². The lowest BCUT2D eigenvalue weighted by Crippen LogP contribution is -2.29. The van der Waals surface area contributed by atoms with Gasteiger partial charge >= 0.3 is 0 Å². The number of carbonyl (C=O) groups is 1. The lowest BCUT2D eigenvalue weighted by atomic mass is 9.71. The molecule has 0 spiro atoms. The minimum absolute atomic E-state index is 0.0401. The third kappa shape index (κ3) is 3.86. The number of methoxy groups -OCH3 is 3. The lowest BCUT2D eigenvalue weighted by Gasteiger charge is -2.37. The van der Waals surface area contributed by atoms with Gasteiger partial charge in [0.2, 0.25) is 12.5 Å². The first kappa shape index (κ1) is 23.3. The lowest BCUT2D eigenvalue weighted by molar-refractivity contribution is -0.116. The second-order valence-corrected chi connectivity index (χ2v) is 9.64. The topological polar surface area (TPSA) is 75.3 Å². The summed E-state index contributed by atoms with van der Waals surface area (Å²) in [5.74, 6) is 3.02. The molecule has 7 heteroatoms. The number of nitrogens with one attached hydrogen (secondary N) is 1. The average molecular weight is 500 g/mol. The third-order valence-electron chi connectivity index (χ3n) is 7.51. The third-order valence-corrected chi connectivity index (χ3v) is 7.51. The maximum atomic E-state index is 13.9. The van der Waals surface area contributed by atoms with Crippen LogP contribution in [-0.2, 0) is 4.79 Å². The van der Waals surface area contributed by atoms with Gasteiger partial charge in [-0.05, 0) is 54.2 Å². The van der Waals surface area contributed by atoms with E-state index in [0.717, 1.165) is 33.6 Å². The molecule has 0 fully saturated rings. The number of benzene rings is 3. The Balaban J connectivity index is 1.45. The first-order chi connectivity index (χ1) is 18.0. The molecule has 3 aromatic rings. The zero-order valence-electron chi connectivity index (χ0n) is 21.3. The number of allylic oxidation sites excluding steroid dienone is 2. The van der Waals surface area contributed by atoms with E-state index in [-0.39, 0.29) is 24.4 Å². The molecule has 0 bridgehead atoms. The predicted octanol–water partition coefficient (Wildman–Crippen LogP) is 5.71. The fourth-order valence-corrected chi connectivity index (χ4v) is 5.68. The fourth-order valence-electron chi connectivity index (χ4n) is 5.68. The zero-order valence-corrected chi connectivity index (χ0v) is 21.3. The molecule has 0 saturated carbocycles. The maximum Gasteiger partial charge on any atom is 0.231 e. The molecule has 3 aromatic carbocycles. The normalized spacial score (nSPS) is 19.6. The molecule has 2 atom stereocenters. The Morgan fingerprint density at radius 1 is 0.838 bits per heavy atom. The number of hydrogen-bond acceptors (Lipinski definition) is 7. The molecule has 0 saturated heterocycles. The maximum absolute atomic E-state index is 13.9. The van der Waals surface area contributed by atoms with E-state index in [9.17, 15) is 4.79 Å². The van der Waals surface area contributed by atoms with Crippen LogP contribution in [0.25, 0.3) is 0 Å². The van der Waals surface area contributed by atoms with E-state index in [4.69, 9.17) is 23.7 Å². The number of aryl methyl sites for hydroxylation is 1. The van der Waals surface area contributed by atoms with E-state index < -0.39 is 0 Å². The summed E-state index contributed by atoms with van der Waals surface area (Å²) < 4.78 is 28.0. The number of Topliss-reactive ketones (excluding diaryl/α,β-unsaturated/α-hetero) is 1. The van der Waals surface area contributed by atoms with Crippen LogP contribution >= 0.6 is 0 Å². The van der Waals surface area contributed by atoms with Crippen LogP contribution < -0.4 is 29.0 Å². The molecule has 37 heavy (non-hydrogen) atoms. The average Bonchev–Trinajstić information content (AvgIpc) is 3.37. The molecule has 0 aromatic heterocycles. The molecule has 2 heterocycles. The van der Waals surface area contributed by atoms with Gasteiger partial charge in [-0.3, -0.25) is 4.79 Å². The van der Waals surface area contributed by atoms with Gasteiger partial charge in [0.05, 0.1) is 21.3 Å². The van der Waals surface area contributed by atoms with Gasteiger partial charge in [-0.25, -0.2) is 0 Å². The smallest absolute Gasteiger partial charge is 0.231 e. The Morgan fingerprint density at radius 3 is 2.16 bits per heavy atom. The van der Waals surface area contributed by atoms with E-state index in [1.165, 1.54) is 5.56 Å². The molecule has 6 rings (SSSR count). The second kappa shape index (κ2) is 9.07. The number of ketones is 1. The van der Waals surface area contributed by atoms with Crippen LogP contribution in [0, 0.1) is 6.92 Å². The van der Waals surface area contributed by atoms with Gasteiger partial charge in [-0.15, -0.1) is 0 Å². The Kier molecular flexibility index (Phi) is 5.71. The van der Waals surface area contributed by atoms with E-state index in [0.29, 0.717) is 41.6 Å². The summed E-state index contributed by atoms with van der Waals surface area (Å²) in [4.78, 5) is 13.9. The van der Waals surface area contributed by atoms with Crippen molar-refractivity contribution in [1.29, 1.82) is 0 Å². The first-order valence-electron chi connectivity index (χ1n) is 12.3. The molecule has 0 radical (unpaired) electrons. The highest BCUT2D eigenvalue weighted by Gasteiger charge is 2.39. The molecular weight excluding hydrogens is 470 g/mol. The molecule has 1 N–H and O–H groups in total. The van der Waals surface area contributed by atoms with Crippen molar-refractivity contribution >= 4 is 11.5 Å². The van der Waals surface area contributed by atoms with Gasteiger partial charge in [-0.2, -0.15) is 0 Å². The monoisotopic (exact) mass is 499 g/mol. The highest BCUT2D eigenvalue weighted by molar-refractivity contribution is 6.02.